The number of nitrogens with zero attached hydrogens (tertiary/aromatic N) is 7. The molecule has 1 unspecified atom stereocenters. The van der Waals surface area contributed by atoms with Gasteiger partial charge in [0.1, 0.15) is 0 Å². The van der Waals surface area contributed by atoms with Crippen LogP contribution >= 0.6 is 23.2 Å². The number of rotatable bonds is 10. The van der Waals surface area contributed by atoms with Crippen LogP contribution < -0.4 is 9.64 Å². The minimum atomic E-state index is -0.744. The summed E-state index contributed by atoms with van der Waals surface area (Å²) in [6, 6.07) is 9.18. The number of aliphatic hydroxyl groups excluding tert-OH is 1. The van der Waals surface area contributed by atoms with Crippen molar-refractivity contribution in [3.05, 3.63) is 58.3 Å². The minimum Gasteiger partial charge on any atom is -0.481 e. The summed E-state index contributed by atoms with van der Waals surface area (Å²) in [6.07, 6.45) is 5.52. The van der Waals surface area contributed by atoms with Crippen molar-refractivity contribution < 1.29 is 24.5 Å². The van der Waals surface area contributed by atoms with E-state index in [9.17, 15) is 14.7 Å². The SMILES string of the molecule is O=C(O)CC1CCN(Cc2cc(Oc3cnc(N4CCN(C(=O)CN5CCC(O)C5)CC4)nc3)nc(-c3cc(Cl)cc(Cl)c3)c2)CC1. The van der Waals surface area contributed by atoms with Gasteiger partial charge in [0.15, 0.2) is 5.75 Å². The summed E-state index contributed by atoms with van der Waals surface area (Å²) in [5.74, 6) is 0.920. The third kappa shape index (κ3) is 9.08. The summed E-state index contributed by atoms with van der Waals surface area (Å²) in [6.45, 7) is 6.34. The van der Waals surface area contributed by atoms with Crippen LogP contribution in [0.25, 0.3) is 11.3 Å². The number of aliphatic carboxylic acids is 1. The van der Waals surface area contributed by atoms with Crippen LogP contribution in [-0.4, -0.2) is 117 Å². The number of piperazine rings is 1. The highest BCUT2D eigenvalue weighted by Gasteiger charge is 2.27. The van der Waals surface area contributed by atoms with Gasteiger partial charge in [-0.3, -0.25) is 19.4 Å². The second-order valence-electron chi connectivity index (χ2n) is 12.5. The summed E-state index contributed by atoms with van der Waals surface area (Å²) < 4.78 is 6.17. The molecule has 5 heterocycles. The number of hydrogen-bond donors (Lipinski definition) is 2. The number of hydrogen-bond acceptors (Lipinski definition) is 10. The lowest BCUT2D eigenvalue weighted by molar-refractivity contribution is -0.138. The molecule has 2 aromatic heterocycles. The lowest BCUT2D eigenvalue weighted by Gasteiger charge is -2.35. The number of β-amino-alcohol motifs (C(OH)–C–C–N with tert-alkyl or cyclic N) is 1. The lowest BCUT2D eigenvalue weighted by Crippen LogP contribution is -2.51. The molecule has 0 bridgehead atoms. The Bertz CT molecular complexity index is 1540. The maximum Gasteiger partial charge on any atom is 0.303 e. The second kappa shape index (κ2) is 15.1. The monoisotopic (exact) mass is 683 g/mol. The fourth-order valence-corrected chi connectivity index (χ4v) is 6.98. The molecule has 1 amide bonds. The third-order valence-corrected chi connectivity index (χ3v) is 9.39. The van der Waals surface area contributed by atoms with Gasteiger partial charge in [-0.25, -0.2) is 15.0 Å². The van der Waals surface area contributed by atoms with Gasteiger partial charge in [-0.2, -0.15) is 0 Å². The smallest absolute Gasteiger partial charge is 0.303 e. The summed E-state index contributed by atoms with van der Waals surface area (Å²) in [5, 5.41) is 19.9. The van der Waals surface area contributed by atoms with E-state index in [1.54, 1.807) is 18.5 Å². The fourth-order valence-electron chi connectivity index (χ4n) is 6.46. The maximum absolute atomic E-state index is 12.7. The fraction of sp³-hybridized carbons (Fsp3) is 0.485. The Kier molecular flexibility index (Phi) is 10.7. The van der Waals surface area contributed by atoms with Gasteiger partial charge in [-0.05, 0) is 68.1 Å². The zero-order valence-electron chi connectivity index (χ0n) is 26.1. The van der Waals surface area contributed by atoms with Gasteiger partial charge in [-0.15, -0.1) is 0 Å². The van der Waals surface area contributed by atoms with Crippen molar-refractivity contribution in [2.45, 2.75) is 38.3 Å². The van der Waals surface area contributed by atoms with Crippen LogP contribution in [0.3, 0.4) is 0 Å². The van der Waals surface area contributed by atoms with Gasteiger partial charge in [-0.1, -0.05) is 23.2 Å². The average Bonchev–Trinajstić information content (AvgIpc) is 3.45. The molecule has 2 N–H and O–H groups in total. The van der Waals surface area contributed by atoms with Crippen molar-refractivity contribution in [2.24, 2.45) is 5.92 Å². The van der Waals surface area contributed by atoms with E-state index in [1.165, 1.54) is 0 Å². The maximum atomic E-state index is 12.7. The van der Waals surface area contributed by atoms with Crippen LogP contribution in [0.4, 0.5) is 5.95 Å². The molecule has 0 spiro atoms. The second-order valence-corrected chi connectivity index (χ2v) is 13.4. The van der Waals surface area contributed by atoms with Crippen molar-refractivity contribution in [3.8, 4) is 22.9 Å². The van der Waals surface area contributed by atoms with E-state index in [-0.39, 0.29) is 24.3 Å². The van der Waals surface area contributed by atoms with E-state index in [0.29, 0.717) is 85.6 Å². The Morgan fingerprint density at radius 2 is 1.55 bits per heavy atom. The van der Waals surface area contributed by atoms with Gasteiger partial charge in [0.25, 0.3) is 0 Å². The molecule has 3 fully saturated rings. The molecule has 6 rings (SSSR count). The number of anilines is 1. The summed E-state index contributed by atoms with van der Waals surface area (Å²) >= 11 is 12.6. The molecule has 47 heavy (non-hydrogen) atoms. The molecule has 12 nitrogen and oxygen atoms in total. The molecule has 0 radical (unpaired) electrons. The van der Waals surface area contributed by atoms with Gasteiger partial charge < -0.3 is 24.7 Å². The number of halogens is 2. The number of aromatic nitrogens is 3. The number of amides is 1. The minimum absolute atomic E-state index is 0.0835. The molecule has 3 aliphatic rings. The summed E-state index contributed by atoms with van der Waals surface area (Å²) in [4.78, 5) is 46.0. The first-order valence-corrected chi connectivity index (χ1v) is 16.8. The standard InChI is InChI=1S/C33H39Cl2N7O5/c34-25-14-24(15-26(35)16-25)29-11-23(19-39-4-1-22(2-5-39)13-32(45)46)12-30(38-29)47-28-17-36-33(37-18-28)42-9-7-41(8-10-42)31(44)21-40-6-3-27(43)20-40/h11-12,14-18,22,27,43H,1-10,13,19-21H2,(H,45,46). The van der Waals surface area contributed by atoms with Crippen molar-refractivity contribution in [1.82, 2.24) is 29.7 Å². The largest absolute Gasteiger partial charge is 0.481 e. The zero-order valence-corrected chi connectivity index (χ0v) is 27.6. The van der Waals surface area contributed by atoms with Gasteiger partial charge >= 0.3 is 5.97 Å². The number of carbonyl (C=O) groups is 2. The van der Waals surface area contributed by atoms with Crippen molar-refractivity contribution in [3.63, 3.8) is 0 Å². The molecule has 0 aliphatic carbocycles. The number of pyridine rings is 1. The number of carboxylic acids is 1. The number of carbonyl (C=O) groups excluding carboxylic acids is 1. The molecule has 0 saturated carbocycles. The summed E-state index contributed by atoms with van der Waals surface area (Å²) in [5.41, 5.74) is 2.41. The number of piperidine rings is 1. The first-order valence-electron chi connectivity index (χ1n) is 16.0. The number of ether oxygens (including phenoxy) is 1. The number of benzene rings is 1. The molecule has 3 aliphatic heterocycles. The molecular weight excluding hydrogens is 645 g/mol. The third-order valence-electron chi connectivity index (χ3n) is 8.96. The van der Waals surface area contributed by atoms with Crippen molar-refractivity contribution in [1.29, 1.82) is 0 Å². The van der Waals surface area contributed by atoms with E-state index >= 15 is 0 Å². The van der Waals surface area contributed by atoms with Crippen molar-refractivity contribution >= 4 is 41.0 Å². The quantitative estimate of drug-likeness (QED) is 0.321. The molecule has 14 heteroatoms. The van der Waals surface area contributed by atoms with Crippen LogP contribution in [0.5, 0.6) is 11.6 Å². The topological polar surface area (TPSA) is 135 Å². The number of aliphatic hydroxyl groups is 1. The van der Waals surface area contributed by atoms with Gasteiger partial charge in [0, 0.05) is 73.9 Å². The molecule has 1 aromatic carbocycles. The molecular formula is C33H39Cl2N7O5. The Balaban J connectivity index is 1.10. The van der Waals surface area contributed by atoms with Crippen LogP contribution in [0.2, 0.25) is 10.0 Å². The predicted octanol–water partition coefficient (Wildman–Crippen LogP) is 4.04. The van der Waals surface area contributed by atoms with E-state index in [0.717, 1.165) is 43.6 Å². The molecule has 3 aromatic rings. The lowest BCUT2D eigenvalue weighted by atomic mass is 9.93. The Morgan fingerprint density at radius 1 is 0.872 bits per heavy atom. The highest BCUT2D eigenvalue weighted by atomic mass is 35.5. The van der Waals surface area contributed by atoms with Crippen LogP contribution in [-0.2, 0) is 16.1 Å². The van der Waals surface area contributed by atoms with E-state index in [4.69, 9.17) is 38.0 Å². The highest BCUT2D eigenvalue weighted by Crippen LogP contribution is 2.31. The van der Waals surface area contributed by atoms with Crippen LogP contribution in [0.1, 0.15) is 31.2 Å². The van der Waals surface area contributed by atoms with E-state index in [1.807, 2.05) is 39.0 Å². The number of likely N-dealkylation sites (tertiary alicyclic amines) is 2. The predicted molar refractivity (Wildman–Crippen MR) is 178 cm³/mol. The Hall–Kier alpha value is -3.55. The van der Waals surface area contributed by atoms with Gasteiger partial charge in [0.2, 0.25) is 17.7 Å². The first kappa shape index (κ1) is 33.4. The highest BCUT2D eigenvalue weighted by molar-refractivity contribution is 6.35. The van der Waals surface area contributed by atoms with Crippen molar-refractivity contribution in [2.75, 3.05) is 63.8 Å². The Labute approximate surface area is 283 Å². The molecule has 250 valence electrons. The number of carboxylic acid groups (broad SMARTS) is 1. The zero-order chi connectivity index (χ0) is 32.9. The molecule has 1 atom stereocenters. The van der Waals surface area contributed by atoms with Crippen LogP contribution in [0.15, 0.2) is 42.7 Å². The van der Waals surface area contributed by atoms with Crippen LogP contribution in [0, 0.1) is 5.92 Å². The first-order chi connectivity index (χ1) is 22.7. The normalized spacial score (nSPS) is 19.7. The Morgan fingerprint density at radius 3 is 2.19 bits per heavy atom. The average molecular weight is 685 g/mol. The van der Waals surface area contributed by atoms with Gasteiger partial charge in [0.05, 0.1) is 30.7 Å². The van der Waals surface area contributed by atoms with E-state index < -0.39 is 5.97 Å². The van der Waals surface area contributed by atoms with E-state index in [2.05, 4.69) is 14.9 Å². The summed E-state index contributed by atoms with van der Waals surface area (Å²) in [7, 11) is 0. The molecule has 3 saturated heterocycles.